The maximum absolute atomic E-state index is 12.0. The largest absolute Gasteiger partial charge is 0.478 e. The zero-order valence-corrected chi connectivity index (χ0v) is 12.2. The van der Waals surface area contributed by atoms with Crippen LogP contribution in [0, 0.1) is 0 Å². The number of halogens is 1. The quantitative estimate of drug-likeness (QED) is 0.787. The number of esters is 1. The van der Waals surface area contributed by atoms with Crippen molar-refractivity contribution in [1.82, 2.24) is 9.78 Å². The van der Waals surface area contributed by atoms with Gasteiger partial charge in [-0.25, -0.2) is 9.48 Å². The molecule has 1 aromatic heterocycles. The summed E-state index contributed by atoms with van der Waals surface area (Å²) in [6.45, 7) is 7.13. The minimum Gasteiger partial charge on any atom is -0.478 e. The molecule has 106 valence electrons. The zero-order chi connectivity index (χ0) is 14.6. The highest BCUT2D eigenvalue weighted by Crippen LogP contribution is 2.20. The Morgan fingerprint density at radius 1 is 1.47 bits per heavy atom. The Morgan fingerprint density at radius 2 is 2.11 bits per heavy atom. The summed E-state index contributed by atoms with van der Waals surface area (Å²) in [5, 5.41) is 3.87. The molecule has 1 aromatic rings. The normalized spacial score (nSPS) is 11.2. The second kappa shape index (κ2) is 6.06. The van der Waals surface area contributed by atoms with Crippen LogP contribution in [0.4, 0.5) is 0 Å². The van der Waals surface area contributed by atoms with Crippen LogP contribution in [0.3, 0.4) is 0 Å². The molecule has 0 bridgehead atoms. The van der Waals surface area contributed by atoms with Gasteiger partial charge in [-0.3, -0.25) is 4.79 Å². The van der Waals surface area contributed by atoms with Crippen molar-refractivity contribution in [3.8, 4) is 5.75 Å². The Bertz CT molecular complexity index is 519. The number of hydrogen-bond donors (Lipinski definition) is 0. The van der Waals surface area contributed by atoms with Gasteiger partial charge in [0.2, 0.25) is 0 Å². The lowest BCUT2D eigenvalue weighted by Crippen LogP contribution is -2.36. The third kappa shape index (κ3) is 3.96. The average molecular weight is 289 g/mol. The molecule has 0 aliphatic carbocycles. The number of rotatable bonds is 4. The summed E-state index contributed by atoms with van der Waals surface area (Å²) in [7, 11) is 0. The van der Waals surface area contributed by atoms with Crippen LogP contribution in [0.2, 0.25) is 5.02 Å². The number of nitrogens with zero attached hydrogens (tertiary/aromatic N) is 2. The Morgan fingerprint density at radius 3 is 2.63 bits per heavy atom. The van der Waals surface area contributed by atoms with Gasteiger partial charge in [0.05, 0.1) is 18.3 Å². The van der Waals surface area contributed by atoms with Crippen molar-refractivity contribution in [3.63, 3.8) is 0 Å². The lowest BCUT2D eigenvalue weighted by atomic mass is 10.1. The van der Waals surface area contributed by atoms with E-state index in [1.165, 1.54) is 10.9 Å². The lowest BCUT2D eigenvalue weighted by molar-refractivity contribution is -0.145. The van der Waals surface area contributed by atoms with E-state index < -0.39 is 17.1 Å². The predicted octanol–water partition coefficient (Wildman–Crippen LogP) is 1.59. The molecule has 0 amide bonds. The fraction of sp³-hybridized carbons (Fsp3) is 0.583. The molecule has 6 nitrogen and oxygen atoms in total. The SMILES string of the molecule is CCOC(=O)COc1cnn(C(C)(C)C)c(=O)c1Cl. The van der Waals surface area contributed by atoms with Gasteiger partial charge in [0, 0.05) is 0 Å². The van der Waals surface area contributed by atoms with Crippen molar-refractivity contribution in [2.45, 2.75) is 33.2 Å². The molecule has 1 rings (SSSR count). The number of ether oxygens (including phenoxy) is 2. The predicted molar refractivity (Wildman–Crippen MR) is 70.6 cm³/mol. The van der Waals surface area contributed by atoms with Gasteiger partial charge in [-0.1, -0.05) is 11.6 Å². The van der Waals surface area contributed by atoms with Gasteiger partial charge < -0.3 is 9.47 Å². The maximum atomic E-state index is 12.0. The van der Waals surface area contributed by atoms with Gasteiger partial charge in [-0.05, 0) is 27.7 Å². The van der Waals surface area contributed by atoms with Crippen LogP contribution in [0.25, 0.3) is 0 Å². The molecular weight excluding hydrogens is 272 g/mol. The molecule has 0 spiro atoms. The summed E-state index contributed by atoms with van der Waals surface area (Å²) in [6, 6.07) is 0. The van der Waals surface area contributed by atoms with Crippen molar-refractivity contribution in [1.29, 1.82) is 0 Å². The van der Waals surface area contributed by atoms with Crippen LogP contribution < -0.4 is 10.3 Å². The molecule has 0 saturated carbocycles. The molecule has 0 unspecified atom stereocenters. The molecular formula is C12H17ClN2O4. The Kier molecular flexibility index (Phi) is 4.94. The minimum absolute atomic E-state index is 0.0696. The third-order valence-electron chi connectivity index (χ3n) is 2.17. The Balaban J connectivity index is 2.92. The van der Waals surface area contributed by atoms with E-state index in [1.54, 1.807) is 6.92 Å². The number of carbonyl (C=O) groups excluding carboxylic acids is 1. The number of carbonyl (C=O) groups is 1. The second-order valence-electron chi connectivity index (χ2n) is 4.80. The van der Waals surface area contributed by atoms with E-state index in [0.717, 1.165) is 0 Å². The zero-order valence-electron chi connectivity index (χ0n) is 11.4. The molecule has 0 aliphatic rings. The van der Waals surface area contributed by atoms with Crippen LogP contribution in [0.1, 0.15) is 27.7 Å². The second-order valence-corrected chi connectivity index (χ2v) is 5.18. The Labute approximate surface area is 116 Å². The van der Waals surface area contributed by atoms with Crippen LogP contribution in [0.5, 0.6) is 5.75 Å². The highest BCUT2D eigenvalue weighted by atomic mass is 35.5. The monoisotopic (exact) mass is 288 g/mol. The number of hydrogen-bond acceptors (Lipinski definition) is 5. The van der Waals surface area contributed by atoms with Crippen molar-refractivity contribution in [2.24, 2.45) is 0 Å². The van der Waals surface area contributed by atoms with Crippen LogP contribution in [-0.4, -0.2) is 29.0 Å². The molecule has 0 aliphatic heterocycles. The molecule has 0 N–H and O–H groups in total. The lowest BCUT2D eigenvalue weighted by Gasteiger charge is -2.21. The summed E-state index contributed by atoms with van der Waals surface area (Å²) < 4.78 is 11.1. The molecule has 0 fully saturated rings. The first-order valence-corrected chi connectivity index (χ1v) is 6.22. The van der Waals surface area contributed by atoms with Crippen molar-refractivity contribution in [2.75, 3.05) is 13.2 Å². The highest BCUT2D eigenvalue weighted by Gasteiger charge is 2.20. The summed E-state index contributed by atoms with van der Waals surface area (Å²) in [4.78, 5) is 23.1. The van der Waals surface area contributed by atoms with E-state index in [0.29, 0.717) is 0 Å². The summed E-state index contributed by atoms with van der Waals surface area (Å²) in [5.41, 5.74) is -0.948. The van der Waals surface area contributed by atoms with Crippen molar-refractivity contribution >= 4 is 17.6 Å². The van der Waals surface area contributed by atoms with Crippen LogP contribution in [-0.2, 0) is 15.1 Å². The smallest absolute Gasteiger partial charge is 0.344 e. The molecule has 19 heavy (non-hydrogen) atoms. The van der Waals surface area contributed by atoms with Crippen molar-refractivity contribution in [3.05, 3.63) is 21.6 Å². The first-order chi connectivity index (χ1) is 8.77. The van der Waals surface area contributed by atoms with E-state index >= 15 is 0 Å². The van der Waals surface area contributed by atoms with E-state index in [4.69, 9.17) is 21.1 Å². The number of aromatic nitrogens is 2. The van der Waals surface area contributed by atoms with Gasteiger partial charge in [0.25, 0.3) is 5.56 Å². The fourth-order valence-electron chi connectivity index (χ4n) is 1.34. The Hall–Kier alpha value is -1.56. The molecule has 1 heterocycles. The topological polar surface area (TPSA) is 70.4 Å². The van der Waals surface area contributed by atoms with Crippen LogP contribution >= 0.6 is 11.6 Å². The molecule has 7 heteroatoms. The molecule has 0 radical (unpaired) electrons. The molecule has 0 saturated heterocycles. The van der Waals surface area contributed by atoms with Gasteiger partial charge >= 0.3 is 5.97 Å². The minimum atomic E-state index is -0.529. The van der Waals surface area contributed by atoms with Gasteiger partial charge in [0.15, 0.2) is 17.4 Å². The van der Waals surface area contributed by atoms with E-state index in [1.807, 2.05) is 20.8 Å². The molecule has 0 atom stereocenters. The molecule has 0 aromatic carbocycles. The summed E-state index contributed by atoms with van der Waals surface area (Å²) in [5.74, 6) is -0.459. The van der Waals surface area contributed by atoms with E-state index in [-0.39, 0.29) is 24.0 Å². The highest BCUT2D eigenvalue weighted by molar-refractivity contribution is 6.31. The van der Waals surface area contributed by atoms with Gasteiger partial charge in [-0.15, -0.1) is 0 Å². The third-order valence-corrected chi connectivity index (χ3v) is 2.52. The maximum Gasteiger partial charge on any atom is 0.344 e. The van der Waals surface area contributed by atoms with E-state index in [2.05, 4.69) is 5.10 Å². The first-order valence-electron chi connectivity index (χ1n) is 5.84. The summed E-state index contributed by atoms with van der Waals surface area (Å²) in [6.07, 6.45) is 1.31. The first kappa shape index (κ1) is 15.5. The van der Waals surface area contributed by atoms with Gasteiger partial charge in [0.1, 0.15) is 0 Å². The van der Waals surface area contributed by atoms with E-state index in [9.17, 15) is 9.59 Å². The fourth-order valence-corrected chi connectivity index (χ4v) is 1.52. The van der Waals surface area contributed by atoms with Crippen LogP contribution in [0.15, 0.2) is 11.0 Å². The van der Waals surface area contributed by atoms with Gasteiger partial charge in [-0.2, -0.15) is 5.10 Å². The average Bonchev–Trinajstić information content (AvgIpc) is 2.29. The summed E-state index contributed by atoms with van der Waals surface area (Å²) >= 11 is 5.91. The standard InChI is InChI=1S/C12H17ClN2O4/c1-5-18-9(16)7-19-8-6-14-15(12(2,3)4)11(17)10(8)13/h6H,5,7H2,1-4H3. The van der Waals surface area contributed by atoms with Crippen molar-refractivity contribution < 1.29 is 14.3 Å².